The number of piperidine rings is 3. The van der Waals surface area contributed by atoms with Gasteiger partial charge in [0.15, 0.2) is 0 Å². The summed E-state index contributed by atoms with van der Waals surface area (Å²) in [6.07, 6.45) is 6.43. The third-order valence-corrected chi connectivity index (χ3v) is 5.91. The maximum atomic E-state index is 6.76. The lowest BCUT2D eigenvalue weighted by atomic mass is 9.73. The van der Waals surface area contributed by atoms with E-state index in [1.165, 1.54) is 12.0 Å². The van der Waals surface area contributed by atoms with Crippen molar-refractivity contribution in [2.75, 3.05) is 20.2 Å². The molecule has 1 aromatic heterocycles. The molecular weight excluding hydrogens is 405 g/mol. The average Bonchev–Trinajstić information content (AvgIpc) is 2.66. The predicted molar refractivity (Wildman–Crippen MR) is 119 cm³/mol. The van der Waals surface area contributed by atoms with E-state index < -0.39 is 0 Å². The highest BCUT2D eigenvalue weighted by Gasteiger charge is 2.41. The lowest BCUT2D eigenvalue weighted by molar-refractivity contribution is 0.00749. The van der Waals surface area contributed by atoms with Gasteiger partial charge < -0.3 is 10.5 Å². The van der Waals surface area contributed by atoms with Crippen molar-refractivity contribution in [1.29, 1.82) is 0 Å². The Bertz CT molecular complexity index is 773. The van der Waals surface area contributed by atoms with Gasteiger partial charge in [0.05, 0.1) is 12.6 Å². The molecule has 0 spiro atoms. The molecule has 150 valence electrons. The van der Waals surface area contributed by atoms with E-state index >= 15 is 0 Å². The number of halogens is 3. The van der Waals surface area contributed by atoms with E-state index in [1.807, 2.05) is 18.3 Å². The van der Waals surface area contributed by atoms with Crippen LogP contribution in [0.4, 0.5) is 0 Å². The summed E-state index contributed by atoms with van der Waals surface area (Å²) in [4.78, 5) is 7.04. The van der Waals surface area contributed by atoms with Gasteiger partial charge in [0.1, 0.15) is 5.75 Å². The van der Waals surface area contributed by atoms with Crippen LogP contribution in [0.25, 0.3) is 10.9 Å². The summed E-state index contributed by atoms with van der Waals surface area (Å²) in [6.45, 7) is 6.26. The Morgan fingerprint density at radius 2 is 2.07 bits per heavy atom. The van der Waals surface area contributed by atoms with Gasteiger partial charge in [-0.3, -0.25) is 9.88 Å². The van der Waals surface area contributed by atoms with Crippen LogP contribution in [0.15, 0.2) is 43.1 Å². The van der Waals surface area contributed by atoms with E-state index in [1.54, 1.807) is 7.11 Å². The largest absolute Gasteiger partial charge is 0.497 e. The second kappa shape index (κ2) is 9.94. The molecule has 7 heteroatoms. The van der Waals surface area contributed by atoms with Gasteiger partial charge in [0.25, 0.3) is 0 Å². The van der Waals surface area contributed by atoms with Gasteiger partial charge in [-0.2, -0.15) is 0 Å². The van der Waals surface area contributed by atoms with Crippen molar-refractivity contribution in [2.24, 2.45) is 17.6 Å². The first kappa shape index (κ1) is 24.0. The standard InChI is InChI=1S/C20H25N3O.3ClH/c1-3-13-12-23-9-7-14(13)10-19(23)20(21)16-6-8-22-18-5-4-15(24-2)11-17(16)18;;;/h3-6,8,11,13-14,19-20H,1,7,9-10,12,21H2,2H3;3*1H/t13?,14?,19?,20-;;;/m1.../s1. The van der Waals surface area contributed by atoms with Gasteiger partial charge in [0, 0.05) is 30.2 Å². The molecule has 0 amide bonds. The molecule has 2 aromatic rings. The van der Waals surface area contributed by atoms with Crippen LogP contribution in [0.5, 0.6) is 5.75 Å². The number of rotatable bonds is 4. The highest BCUT2D eigenvalue weighted by molar-refractivity contribution is 5.86. The van der Waals surface area contributed by atoms with Crippen molar-refractivity contribution >= 4 is 48.1 Å². The fourth-order valence-corrected chi connectivity index (χ4v) is 4.52. The molecule has 0 aliphatic carbocycles. The lowest BCUT2D eigenvalue weighted by Crippen LogP contribution is -2.56. The Hall–Kier alpha value is -1.04. The van der Waals surface area contributed by atoms with E-state index in [0.29, 0.717) is 12.0 Å². The summed E-state index contributed by atoms with van der Waals surface area (Å²) in [7, 11) is 1.69. The summed E-state index contributed by atoms with van der Waals surface area (Å²) in [5.41, 5.74) is 8.91. The second-order valence-corrected chi connectivity index (χ2v) is 7.06. The molecule has 3 fully saturated rings. The topological polar surface area (TPSA) is 51.4 Å². The quantitative estimate of drug-likeness (QED) is 0.727. The molecular formula is C20H28Cl3N3O. The van der Waals surface area contributed by atoms with Crippen LogP contribution < -0.4 is 10.5 Å². The fourth-order valence-electron chi connectivity index (χ4n) is 4.52. The summed E-state index contributed by atoms with van der Waals surface area (Å²) in [5, 5.41) is 1.10. The van der Waals surface area contributed by atoms with E-state index in [0.717, 1.165) is 42.1 Å². The van der Waals surface area contributed by atoms with Crippen LogP contribution in [0.2, 0.25) is 0 Å². The SMILES string of the molecule is C=CC1CN2CCC1CC2[C@H](N)c1ccnc2ccc(OC)cc12.Cl.Cl.Cl. The minimum absolute atomic E-state index is 0. The molecule has 1 aromatic carbocycles. The number of ether oxygens (including phenoxy) is 1. The van der Waals surface area contributed by atoms with Crippen molar-refractivity contribution in [1.82, 2.24) is 9.88 Å². The molecule has 2 N–H and O–H groups in total. The number of hydrogen-bond donors (Lipinski definition) is 1. The minimum Gasteiger partial charge on any atom is -0.497 e. The Balaban J connectivity index is 0.00000121. The normalized spacial score (nSPS) is 26.9. The first-order valence-electron chi connectivity index (χ1n) is 8.76. The number of benzene rings is 1. The summed E-state index contributed by atoms with van der Waals surface area (Å²) >= 11 is 0. The molecule has 3 aliphatic heterocycles. The smallest absolute Gasteiger partial charge is 0.119 e. The zero-order valence-electron chi connectivity index (χ0n) is 15.4. The van der Waals surface area contributed by atoms with Crippen molar-refractivity contribution in [3.63, 3.8) is 0 Å². The minimum atomic E-state index is -0.00354. The van der Waals surface area contributed by atoms with Gasteiger partial charge >= 0.3 is 0 Å². The molecule has 0 saturated carbocycles. The van der Waals surface area contributed by atoms with E-state index in [-0.39, 0.29) is 43.3 Å². The van der Waals surface area contributed by atoms with Crippen molar-refractivity contribution in [3.05, 3.63) is 48.7 Å². The molecule has 3 aliphatic rings. The van der Waals surface area contributed by atoms with Crippen LogP contribution in [0, 0.1) is 11.8 Å². The van der Waals surface area contributed by atoms with Gasteiger partial charge in [-0.25, -0.2) is 0 Å². The van der Waals surface area contributed by atoms with Crippen LogP contribution in [-0.4, -0.2) is 36.1 Å². The fraction of sp³-hybridized carbons (Fsp3) is 0.450. The number of methoxy groups -OCH3 is 1. The number of nitrogens with two attached hydrogens (primary N) is 1. The molecule has 0 radical (unpaired) electrons. The first-order chi connectivity index (χ1) is 11.7. The molecule has 4 heterocycles. The monoisotopic (exact) mass is 431 g/mol. The maximum Gasteiger partial charge on any atom is 0.119 e. The van der Waals surface area contributed by atoms with Crippen LogP contribution in [-0.2, 0) is 0 Å². The van der Waals surface area contributed by atoms with E-state index in [9.17, 15) is 0 Å². The summed E-state index contributed by atoms with van der Waals surface area (Å²) in [5.74, 6) is 2.20. The molecule has 5 rings (SSSR count). The summed E-state index contributed by atoms with van der Waals surface area (Å²) < 4.78 is 5.39. The number of fused-ring (bicyclic) bond motifs is 4. The van der Waals surface area contributed by atoms with Crippen LogP contribution in [0.1, 0.15) is 24.4 Å². The van der Waals surface area contributed by atoms with Gasteiger partial charge in [-0.1, -0.05) is 6.08 Å². The van der Waals surface area contributed by atoms with Crippen molar-refractivity contribution in [2.45, 2.75) is 24.9 Å². The van der Waals surface area contributed by atoms with Crippen LogP contribution >= 0.6 is 37.2 Å². The third-order valence-electron chi connectivity index (χ3n) is 5.91. The van der Waals surface area contributed by atoms with Crippen molar-refractivity contribution < 1.29 is 4.74 Å². The Labute approximate surface area is 179 Å². The lowest BCUT2D eigenvalue weighted by Gasteiger charge is -2.51. The van der Waals surface area contributed by atoms with Crippen LogP contribution in [0.3, 0.4) is 0 Å². The van der Waals surface area contributed by atoms with Gasteiger partial charge in [-0.15, -0.1) is 43.8 Å². The van der Waals surface area contributed by atoms with E-state index in [2.05, 4.69) is 34.7 Å². The molecule has 5 atom stereocenters. The Kier molecular flexibility index (Phi) is 8.84. The van der Waals surface area contributed by atoms with Gasteiger partial charge in [-0.05, 0) is 61.1 Å². The van der Waals surface area contributed by atoms with Gasteiger partial charge in [0.2, 0.25) is 0 Å². The first-order valence-corrected chi connectivity index (χ1v) is 8.76. The zero-order valence-corrected chi connectivity index (χ0v) is 17.9. The number of aromatic nitrogens is 1. The maximum absolute atomic E-state index is 6.76. The Morgan fingerprint density at radius 1 is 1.30 bits per heavy atom. The number of nitrogens with zero attached hydrogens (tertiary/aromatic N) is 2. The molecule has 27 heavy (non-hydrogen) atoms. The second-order valence-electron chi connectivity index (χ2n) is 7.06. The molecule has 4 nitrogen and oxygen atoms in total. The predicted octanol–water partition coefficient (Wildman–Crippen LogP) is 4.41. The molecule has 2 bridgehead atoms. The number of pyridine rings is 1. The number of hydrogen-bond acceptors (Lipinski definition) is 4. The highest BCUT2D eigenvalue weighted by Crippen LogP contribution is 2.41. The molecule has 3 saturated heterocycles. The molecule has 4 unspecified atom stereocenters. The van der Waals surface area contributed by atoms with Crippen molar-refractivity contribution in [3.8, 4) is 5.75 Å². The van der Waals surface area contributed by atoms with E-state index in [4.69, 9.17) is 10.5 Å². The highest BCUT2D eigenvalue weighted by atomic mass is 35.5. The third kappa shape index (κ3) is 4.36. The summed E-state index contributed by atoms with van der Waals surface area (Å²) in [6, 6.07) is 8.48. The average molecular weight is 433 g/mol. The zero-order chi connectivity index (χ0) is 16.7. The Morgan fingerprint density at radius 3 is 2.70 bits per heavy atom.